The molecule has 0 atom stereocenters. The lowest BCUT2D eigenvalue weighted by molar-refractivity contribution is -0.121. The van der Waals surface area contributed by atoms with Gasteiger partial charge in [-0.2, -0.15) is 0 Å². The van der Waals surface area contributed by atoms with E-state index in [1.807, 2.05) is 5.32 Å². The average molecular weight is 126 g/mol. The number of rotatable bonds is 2. The standard InChI is InChI=1S/C3H5ClFNO/c4-2-6-3(7)1-5/h1-2H2,(H,6,7). The van der Waals surface area contributed by atoms with E-state index in [4.69, 9.17) is 11.6 Å². The van der Waals surface area contributed by atoms with Gasteiger partial charge in [0.2, 0.25) is 0 Å². The van der Waals surface area contributed by atoms with Crippen LogP contribution < -0.4 is 5.32 Å². The van der Waals surface area contributed by atoms with Gasteiger partial charge in [0.05, 0.1) is 6.00 Å². The predicted octanol–water partition coefficient (Wildman–Crippen LogP) is 0.268. The molecule has 0 aromatic rings. The number of nitrogens with one attached hydrogen (secondary N) is 1. The summed E-state index contributed by atoms with van der Waals surface area (Å²) in [6, 6.07) is -0.0250. The molecular formula is C3H5ClFNO. The van der Waals surface area contributed by atoms with Crippen molar-refractivity contribution in [2.45, 2.75) is 0 Å². The fourth-order valence-corrected chi connectivity index (χ4v) is 0.271. The van der Waals surface area contributed by atoms with Crippen LogP contribution in [0.15, 0.2) is 0 Å². The van der Waals surface area contributed by atoms with Gasteiger partial charge < -0.3 is 5.32 Å². The van der Waals surface area contributed by atoms with Crippen molar-refractivity contribution in [1.82, 2.24) is 5.32 Å². The van der Waals surface area contributed by atoms with E-state index in [2.05, 4.69) is 0 Å². The Labute approximate surface area is 45.6 Å². The molecule has 1 amide bonds. The molecule has 0 aliphatic heterocycles. The first kappa shape index (κ1) is 6.69. The number of carbonyl (C=O) groups is 1. The lowest BCUT2D eigenvalue weighted by Crippen LogP contribution is -2.22. The van der Waals surface area contributed by atoms with Crippen molar-refractivity contribution in [2.75, 3.05) is 12.7 Å². The number of amides is 1. The molecule has 7 heavy (non-hydrogen) atoms. The fourth-order valence-electron chi connectivity index (χ4n) is 0.122. The van der Waals surface area contributed by atoms with Crippen LogP contribution in [0.4, 0.5) is 4.39 Å². The van der Waals surface area contributed by atoms with Crippen LogP contribution in [0.1, 0.15) is 0 Å². The van der Waals surface area contributed by atoms with Gasteiger partial charge in [-0.15, -0.1) is 11.6 Å². The SMILES string of the molecule is O=C(CF)NCCl. The predicted molar refractivity (Wildman–Crippen MR) is 24.8 cm³/mol. The molecule has 0 radical (unpaired) electrons. The Morgan fingerprint density at radius 2 is 2.43 bits per heavy atom. The van der Waals surface area contributed by atoms with Crippen LogP contribution in [0.3, 0.4) is 0 Å². The van der Waals surface area contributed by atoms with Crippen LogP contribution in [-0.2, 0) is 4.79 Å². The zero-order valence-electron chi connectivity index (χ0n) is 3.58. The second kappa shape index (κ2) is 3.87. The van der Waals surface area contributed by atoms with Crippen LogP contribution in [0, 0.1) is 0 Å². The molecule has 0 saturated carbocycles. The van der Waals surface area contributed by atoms with E-state index in [1.54, 1.807) is 0 Å². The number of carbonyl (C=O) groups excluding carboxylic acids is 1. The quantitative estimate of drug-likeness (QED) is 0.417. The van der Waals surface area contributed by atoms with E-state index in [0.29, 0.717) is 0 Å². The second-order valence-electron chi connectivity index (χ2n) is 0.867. The monoisotopic (exact) mass is 125 g/mol. The summed E-state index contributed by atoms with van der Waals surface area (Å²) in [5.41, 5.74) is 0. The van der Waals surface area contributed by atoms with Crippen molar-refractivity contribution < 1.29 is 9.18 Å². The number of hydrogen-bond acceptors (Lipinski definition) is 1. The molecule has 0 saturated heterocycles. The van der Waals surface area contributed by atoms with Crippen molar-refractivity contribution in [3.8, 4) is 0 Å². The van der Waals surface area contributed by atoms with E-state index in [0.717, 1.165) is 0 Å². The Morgan fingerprint density at radius 3 is 2.57 bits per heavy atom. The highest BCUT2D eigenvalue weighted by atomic mass is 35.5. The van der Waals surface area contributed by atoms with Crippen LogP contribution in [0.2, 0.25) is 0 Å². The number of hydrogen-bond donors (Lipinski definition) is 1. The molecule has 2 nitrogen and oxygen atoms in total. The van der Waals surface area contributed by atoms with Crippen LogP contribution >= 0.6 is 11.6 Å². The zero-order chi connectivity index (χ0) is 5.70. The minimum Gasteiger partial charge on any atom is -0.340 e. The van der Waals surface area contributed by atoms with Gasteiger partial charge >= 0.3 is 0 Å². The first-order chi connectivity index (χ1) is 3.31. The molecule has 1 N–H and O–H groups in total. The van der Waals surface area contributed by atoms with Crippen molar-refractivity contribution >= 4 is 17.5 Å². The summed E-state index contributed by atoms with van der Waals surface area (Å²) < 4.78 is 11.1. The highest BCUT2D eigenvalue weighted by Crippen LogP contribution is 1.69. The Balaban J connectivity index is 3.00. The average Bonchev–Trinajstić information content (AvgIpc) is 1.68. The molecule has 0 aromatic carbocycles. The zero-order valence-corrected chi connectivity index (χ0v) is 4.33. The summed E-state index contributed by atoms with van der Waals surface area (Å²) in [6.07, 6.45) is 0. The van der Waals surface area contributed by atoms with E-state index in [-0.39, 0.29) is 6.00 Å². The molecule has 0 unspecified atom stereocenters. The van der Waals surface area contributed by atoms with Crippen molar-refractivity contribution in [3.05, 3.63) is 0 Å². The molecule has 42 valence electrons. The molecule has 0 aliphatic rings. The summed E-state index contributed by atoms with van der Waals surface area (Å²) in [5.74, 6) is -0.671. The maximum Gasteiger partial charge on any atom is 0.252 e. The normalized spacial score (nSPS) is 8.29. The molecule has 0 spiro atoms. The van der Waals surface area contributed by atoms with E-state index in [1.165, 1.54) is 0 Å². The van der Waals surface area contributed by atoms with Gasteiger partial charge in [-0.3, -0.25) is 4.79 Å². The van der Waals surface area contributed by atoms with Gasteiger partial charge in [0.15, 0.2) is 6.67 Å². The first-order valence-electron chi connectivity index (χ1n) is 1.70. The maximum atomic E-state index is 11.1. The van der Waals surface area contributed by atoms with E-state index in [9.17, 15) is 9.18 Å². The Hall–Kier alpha value is -0.310. The van der Waals surface area contributed by atoms with Gasteiger partial charge in [0.1, 0.15) is 0 Å². The minimum atomic E-state index is -0.993. The van der Waals surface area contributed by atoms with Crippen LogP contribution in [0.25, 0.3) is 0 Å². The summed E-state index contributed by atoms with van der Waals surface area (Å²) in [7, 11) is 0. The summed E-state index contributed by atoms with van der Waals surface area (Å²) in [5, 5.41) is 2.05. The lowest BCUT2D eigenvalue weighted by Gasteiger charge is -1.90. The summed E-state index contributed by atoms with van der Waals surface area (Å²) in [6.45, 7) is -0.993. The Kier molecular flexibility index (Phi) is 3.69. The van der Waals surface area contributed by atoms with Gasteiger partial charge in [-0.05, 0) is 0 Å². The van der Waals surface area contributed by atoms with Crippen molar-refractivity contribution in [2.24, 2.45) is 0 Å². The molecule has 4 heteroatoms. The largest absolute Gasteiger partial charge is 0.340 e. The third-order valence-electron chi connectivity index (χ3n) is 0.385. The number of halogens is 2. The fraction of sp³-hybridized carbons (Fsp3) is 0.667. The van der Waals surface area contributed by atoms with Crippen molar-refractivity contribution in [3.63, 3.8) is 0 Å². The van der Waals surface area contributed by atoms with E-state index >= 15 is 0 Å². The molecule has 0 rings (SSSR count). The molecule has 0 aliphatic carbocycles. The Bertz CT molecular complexity index is 68.0. The van der Waals surface area contributed by atoms with Crippen molar-refractivity contribution in [1.29, 1.82) is 0 Å². The molecule has 0 heterocycles. The topological polar surface area (TPSA) is 29.1 Å². The Morgan fingerprint density at radius 1 is 1.86 bits per heavy atom. The van der Waals surface area contributed by atoms with Crippen LogP contribution in [0.5, 0.6) is 0 Å². The number of alkyl halides is 2. The summed E-state index contributed by atoms with van der Waals surface area (Å²) in [4.78, 5) is 9.84. The van der Waals surface area contributed by atoms with Crippen LogP contribution in [-0.4, -0.2) is 18.6 Å². The highest BCUT2D eigenvalue weighted by molar-refractivity contribution is 6.18. The van der Waals surface area contributed by atoms with Gasteiger partial charge in [0.25, 0.3) is 5.91 Å². The molecular weight excluding hydrogens is 120 g/mol. The highest BCUT2D eigenvalue weighted by Gasteiger charge is 1.92. The smallest absolute Gasteiger partial charge is 0.252 e. The van der Waals surface area contributed by atoms with E-state index < -0.39 is 12.6 Å². The second-order valence-corrected chi connectivity index (χ2v) is 1.13. The van der Waals surface area contributed by atoms with Gasteiger partial charge in [-0.25, -0.2) is 4.39 Å². The molecule has 0 bridgehead atoms. The molecule has 0 fully saturated rings. The summed E-state index contributed by atoms with van der Waals surface area (Å²) >= 11 is 4.98. The van der Waals surface area contributed by atoms with Gasteiger partial charge in [-0.1, -0.05) is 0 Å². The maximum absolute atomic E-state index is 11.1. The third-order valence-corrected chi connectivity index (χ3v) is 0.519. The van der Waals surface area contributed by atoms with Gasteiger partial charge in [0, 0.05) is 0 Å². The first-order valence-corrected chi connectivity index (χ1v) is 2.23. The molecule has 0 aromatic heterocycles. The third kappa shape index (κ3) is 3.52. The lowest BCUT2D eigenvalue weighted by atomic mass is 10.7. The minimum absolute atomic E-state index is 0.0250.